The minimum absolute atomic E-state index is 0.469. The molecule has 0 amide bonds. The highest BCUT2D eigenvalue weighted by Gasteiger charge is 2.07. The number of benzene rings is 1. The Morgan fingerprint density at radius 2 is 2.00 bits per heavy atom. The van der Waals surface area contributed by atoms with Crippen molar-refractivity contribution in [3.05, 3.63) is 52.3 Å². The average Bonchev–Trinajstić information content (AvgIpc) is 2.82. The van der Waals surface area contributed by atoms with E-state index in [1.165, 1.54) is 11.3 Å². The van der Waals surface area contributed by atoms with Gasteiger partial charge in [-0.1, -0.05) is 17.7 Å². The molecule has 0 spiro atoms. The molecule has 0 radical (unpaired) electrons. The van der Waals surface area contributed by atoms with Crippen LogP contribution in [0.1, 0.15) is 28.1 Å². The molecule has 2 aromatic rings. The summed E-state index contributed by atoms with van der Waals surface area (Å²) in [4.78, 5) is 0. The van der Waals surface area contributed by atoms with Gasteiger partial charge >= 0.3 is 0 Å². The number of ether oxygens (including phenoxy) is 1. The topological polar surface area (TPSA) is 50.6 Å². The van der Waals surface area contributed by atoms with E-state index in [2.05, 4.69) is 66.3 Å². The molecule has 0 bridgehead atoms. The number of hydrogen-bond acceptors (Lipinski definition) is 3. The van der Waals surface area contributed by atoms with Crippen molar-refractivity contribution in [3.8, 4) is 0 Å². The van der Waals surface area contributed by atoms with Crippen molar-refractivity contribution < 1.29 is 4.74 Å². The SMILES string of the molecule is COCCn1c(C)cc(/C=N/NC(=S)Nc2ccc(C)cc2C)c1C. The second-order valence-electron chi connectivity index (χ2n) is 6.11. The molecule has 0 aliphatic heterocycles. The quantitative estimate of drug-likeness (QED) is 0.470. The molecule has 25 heavy (non-hydrogen) atoms. The van der Waals surface area contributed by atoms with Crippen LogP contribution in [0.4, 0.5) is 5.69 Å². The molecule has 0 atom stereocenters. The number of thiocarbonyl (C=S) groups is 1. The first-order chi connectivity index (χ1) is 11.9. The van der Waals surface area contributed by atoms with Crippen molar-refractivity contribution in [2.45, 2.75) is 34.2 Å². The monoisotopic (exact) mass is 358 g/mol. The van der Waals surface area contributed by atoms with E-state index >= 15 is 0 Å². The summed E-state index contributed by atoms with van der Waals surface area (Å²) in [6.07, 6.45) is 1.79. The fourth-order valence-electron chi connectivity index (χ4n) is 2.75. The lowest BCUT2D eigenvalue weighted by Crippen LogP contribution is -2.24. The van der Waals surface area contributed by atoms with Crippen molar-refractivity contribution in [2.24, 2.45) is 5.10 Å². The molecule has 0 saturated carbocycles. The van der Waals surface area contributed by atoms with Crippen LogP contribution in [0.25, 0.3) is 0 Å². The van der Waals surface area contributed by atoms with E-state index in [-0.39, 0.29) is 0 Å². The summed E-state index contributed by atoms with van der Waals surface area (Å²) in [6.45, 7) is 9.81. The highest BCUT2D eigenvalue weighted by molar-refractivity contribution is 7.80. The predicted octanol–water partition coefficient (Wildman–Crippen LogP) is 3.69. The summed E-state index contributed by atoms with van der Waals surface area (Å²) in [5.41, 5.74) is 9.65. The van der Waals surface area contributed by atoms with Gasteiger partial charge in [0.2, 0.25) is 0 Å². The molecule has 2 N–H and O–H groups in total. The van der Waals surface area contributed by atoms with Gasteiger partial charge in [0.05, 0.1) is 12.8 Å². The minimum Gasteiger partial charge on any atom is -0.383 e. The van der Waals surface area contributed by atoms with Gasteiger partial charge in [0.25, 0.3) is 0 Å². The van der Waals surface area contributed by atoms with Crippen LogP contribution in [0.5, 0.6) is 0 Å². The highest BCUT2D eigenvalue weighted by Crippen LogP contribution is 2.16. The summed E-state index contributed by atoms with van der Waals surface area (Å²) in [5.74, 6) is 0. The molecule has 134 valence electrons. The van der Waals surface area contributed by atoms with Gasteiger partial charge in [-0.15, -0.1) is 0 Å². The van der Waals surface area contributed by atoms with E-state index in [0.717, 1.165) is 29.1 Å². The predicted molar refractivity (Wildman–Crippen MR) is 109 cm³/mol. The van der Waals surface area contributed by atoms with Crippen molar-refractivity contribution in [1.29, 1.82) is 0 Å². The normalized spacial score (nSPS) is 11.1. The van der Waals surface area contributed by atoms with Crippen LogP contribution in [-0.4, -0.2) is 29.6 Å². The van der Waals surface area contributed by atoms with Crippen LogP contribution in [-0.2, 0) is 11.3 Å². The molecule has 0 fully saturated rings. The molecule has 0 saturated heterocycles. The number of hydrazone groups is 1. The van der Waals surface area contributed by atoms with Crippen molar-refractivity contribution in [3.63, 3.8) is 0 Å². The third-order valence-corrected chi connectivity index (χ3v) is 4.32. The van der Waals surface area contributed by atoms with E-state index in [1.807, 2.05) is 6.07 Å². The molecular formula is C19H26N4OS. The number of methoxy groups -OCH3 is 1. The maximum Gasteiger partial charge on any atom is 0.191 e. The van der Waals surface area contributed by atoms with Crippen LogP contribution in [0.2, 0.25) is 0 Å². The Bertz CT molecular complexity index is 780. The van der Waals surface area contributed by atoms with Crippen molar-refractivity contribution >= 4 is 29.2 Å². The van der Waals surface area contributed by atoms with Crippen molar-refractivity contribution in [1.82, 2.24) is 9.99 Å². The molecule has 1 aromatic heterocycles. The van der Waals surface area contributed by atoms with E-state index in [1.54, 1.807) is 13.3 Å². The number of anilines is 1. The minimum atomic E-state index is 0.469. The number of hydrogen-bond donors (Lipinski definition) is 2. The number of aromatic nitrogens is 1. The summed E-state index contributed by atoms with van der Waals surface area (Å²) in [7, 11) is 1.71. The second-order valence-corrected chi connectivity index (χ2v) is 6.52. The molecule has 6 heteroatoms. The second kappa shape index (κ2) is 8.78. The highest BCUT2D eigenvalue weighted by atomic mass is 32.1. The Morgan fingerprint density at radius 1 is 1.24 bits per heavy atom. The summed E-state index contributed by atoms with van der Waals surface area (Å²) >= 11 is 5.31. The summed E-state index contributed by atoms with van der Waals surface area (Å²) < 4.78 is 7.38. The molecule has 1 aromatic carbocycles. The van der Waals surface area contributed by atoms with Gasteiger partial charge in [0.1, 0.15) is 0 Å². The van der Waals surface area contributed by atoms with E-state index in [4.69, 9.17) is 17.0 Å². The van der Waals surface area contributed by atoms with Gasteiger partial charge in [-0.25, -0.2) is 0 Å². The Labute approximate surface area is 155 Å². The van der Waals surface area contributed by atoms with Crippen LogP contribution in [0.3, 0.4) is 0 Å². The zero-order valence-corrected chi connectivity index (χ0v) is 16.3. The molecule has 2 rings (SSSR count). The first-order valence-electron chi connectivity index (χ1n) is 8.25. The number of nitrogens with zero attached hydrogens (tertiary/aromatic N) is 2. The lowest BCUT2D eigenvalue weighted by molar-refractivity contribution is 0.186. The van der Waals surface area contributed by atoms with Gasteiger partial charge in [-0.3, -0.25) is 5.43 Å². The average molecular weight is 359 g/mol. The maximum absolute atomic E-state index is 5.31. The Balaban J connectivity index is 1.97. The Hall–Kier alpha value is -2.18. The van der Waals surface area contributed by atoms with E-state index in [9.17, 15) is 0 Å². The fourth-order valence-corrected chi connectivity index (χ4v) is 2.91. The third-order valence-electron chi connectivity index (χ3n) is 4.13. The van der Waals surface area contributed by atoms with Crippen LogP contribution in [0.15, 0.2) is 29.4 Å². The van der Waals surface area contributed by atoms with Gasteiger partial charge in [-0.05, 0) is 57.6 Å². The molecule has 0 unspecified atom stereocenters. The molecule has 1 heterocycles. The van der Waals surface area contributed by atoms with Gasteiger partial charge in [0.15, 0.2) is 5.11 Å². The molecule has 5 nitrogen and oxygen atoms in total. The lowest BCUT2D eigenvalue weighted by atomic mass is 10.1. The third kappa shape index (κ3) is 5.14. The van der Waals surface area contributed by atoms with Crippen molar-refractivity contribution in [2.75, 3.05) is 19.0 Å². The van der Waals surface area contributed by atoms with Gasteiger partial charge < -0.3 is 14.6 Å². The van der Waals surface area contributed by atoms with Gasteiger partial charge in [0, 0.05) is 36.3 Å². The summed E-state index contributed by atoms with van der Waals surface area (Å²) in [6, 6.07) is 8.29. The first kappa shape index (κ1) is 19.1. The van der Waals surface area contributed by atoms with Crippen LogP contribution in [0, 0.1) is 27.7 Å². The molecule has 0 aliphatic carbocycles. The van der Waals surface area contributed by atoms with E-state index < -0.39 is 0 Å². The Morgan fingerprint density at radius 3 is 2.68 bits per heavy atom. The fraction of sp³-hybridized carbons (Fsp3) is 0.368. The zero-order chi connectivity index (χ0) is 18.4. The van der Waals surface area contributed by atoms with Gasteiger partial charge in [-0.2, -0.15) is 5.10 Å². The van der Waals surface area contributed by atoms with E-state index in [0.29, 0.717) is 11.7 Å². The smallest absolute Gasteiger partial charge is 0.191 e. The van der Waals surface area contributed by atoms with Crippen LogP contribution < -0.4 is 10.7 Å². The first-order valence-corrected chi connectivity index (χ1v) is 8.66. The molecular weight excluding hydrogens is 332 g/mol. The number of nitrogens with one attached hydrogen (secondary N) is 2. The standard InChI is InChI=1S/C19H26N4OS/c1-13-6-7-18(14(2)10-13)21-19(25)22-20-12-17-11-15(3)23(16(17)4)8-9-24-5/h6-7,10-12H,8-9H2,1-5H3,(H2,21,22,25)/b20-12+. The van der Waals surface area contributed by atoms with Crippen LogP contribution >= 0.6 is 12.2 Å². The zero-order valence-electron chi connectivity index (χ0n) is 15.5. The molecule has 0 aliphatic rings. The Kier molecular flexibility index (Phi) is 6.73. The summed E-state index contributed by atoms with van der Waals surface area (Å²) in [5, 5.41) is 7.89. The lowest BCUT2D eigenvalue weighted by Gasteiger charge is -2.10. The maximum atomic E-state index is 5.31. The largest absolute Gasteiger partial charge is 0.383 e. The number of aryl methyl sites for hydroxylation is 3. The number of rotatable bonds is 6.